The smallest absolute Gasteiger partial charge is 0.308 e. The van der Waals surface area contributed by atoms with Gasteiger partial charge in [0.25, 0.3) is 5.91 Å². The number of amides is 2. The molecule has 112 valence electrons. The van der Waals surface area contributed by atoms with Gasteiger partial charge < -0.3 is 9.80 Å². The van der Waals surface area contributed by atoms with Crippen LogP contribution in [0.2, 0.25) is 0 Å². The van der Waals surface area contributed by atoms with Crippen molar-refractivity contribution in [2.75, 3.05) is 26.7 Å². The third kappa shape index (κ3) is 2.81. The van der Waals surface area contributed by atoms with Gasteiger partial charge in [-0.05, 0) is 6.07 Å². The number of likely N-dealkylation sites (N-methyl/N-ethyl adjacent to an activating group) is 1. The summed E-state index contributed by atoms with van der Waals surface area (Å²) >= 11 is 0. The minimum absolute atomic E-state index is 0.144. The van der Waals surface area contributed by atoms with Crippen LogP contribution in [0, 0.1) is 21.7 Å². The predicted octanol–water partition coefficient (Wildman–Crippen LogP) is 0.787. The fourth-order valence-electron chi connectivity index (χ4n) is 1.97. The van der Waals surface area contributed by atoms with E-state index in [1.807, 2.05) is 0 Å². The van der Waals surface area contributed by atoms with Crippen molar-refractivity contribution in [2.24, 2.45) is 0 Å². The minimum Gasteiger partial charge on any atom is -0.342 e. The van der Waals surface area contributed by atoms with E-state index in [0.717, 1.165) is 4.90 Å². The van der Waals surface area contributed by atoms with E-state index in [2.05, 4.69) is 0 Å². The van der Waals surface area contributed by atoms with Crippen LogP contribution in [0.1, 0.15) is 10.4 Å². The summed E-state index contributed by atoms with van der Waals surface area (Å²) in [7, 11) is 1.55. The number of nitro groups is 1. The maximum absolute atomic E-state index is 13.9. The van der Waals surface area contributed by atoms with Gasteiger partial charge in [0.2, 0.25) is 11.7 Å². The molecule has 0 radical (unpaired) electrons. The molecule has 0 atom stereocenters. The van der Waals surface area contributed by atoms with Crippen molar-refractivity contribution in [3.63, 3.8) is 0 Å². The SMILES string of the molecule is CN1CCN(C(=O)c2cc(F)cc([N+](=O)[O-])c2F)CC1=O. The molecule has 21 heavy (non-hydrogen) atoms. The van der Waals surface area contributed by atoms with Gasteiger partial charge in [0, 0.05) is 20.1 Å². The number of nitro benzene ring substituents is 1. The van der Waals surface area contributed by atoms with Gasteiger partial charge in [0.05, 0.1) is 16.6 Å². The van der Waals surface area contributed by atoms with Gasteiger partial charge in [-0.25, -0.2) is 4.39 Å². The molecule has 7 nitrogen and oxygen atoms in total. The number of piperazine rings is 1. The van der Waals surface area contributed by atoms with Gasteiger partial charge >= 0.3 is 5.69 Å². The molecule has 0 saturated carbocycles. The van der Waals surface area contributed by atoms with Crippen LogP contribution in [-0.2, 0) is 4.79 Å². The number of carbonyl (C=O) groups is 2. The number of hydrogen-bond donors (Lipinski definition) is 0. The zero-order valence-corrected chi connectivity index (χ0v) is 11.0. The number of hydrogen-bond acceptors (Lipinski definition) is 4. The Bertz CT molecular complexity index is 635. The first-order valence-corrected chi connectivity index (χ1v) is 5.98. The highest BCUT2D eigenvalue weighted by molar-refractivity contribution is 5.97. The second-order valence-electron chi connectivity index (χ2n) is 4.59. The van der Waals surface area contributed by atoms with Crippen LogP contribution in [0.4, 0.5) is 14.5 Å². The van der Waals surface area contributed by atoms with E-state index in [1.54, 1.807) is 7.05 Å². The molecule has 0 aromatic heterocycles. The van der Waals surface area contributed by atoms with Crippen molar-refractivity contribution in [2.45, 2.75) is 0 Å². The van der Waals surface area contributed by atoms with Gasteiger partial charge in [-0.1, -0.05) is 0 Å². The molecule has 0 spiro atoms. The van der Waals surface area contributed by atoms with Crippen molar-refractivity contribution >= 4 is 17.5 Å². The Kier molecular flexibility index (Phi) is 3.83. The molecule has 9 heteroatoms. The highest BCUT2D eigenvalue weighted by Gasteiger charge is 2.30. The lowest BCUT2D eigenvalue weighted by Crippen LogP contribution is -2.50. The molecular formula is C12H11F2N3O4. The van der Waals surface area contributed by atoms with E-state index >= 15 is 0 Å². The van der Waals surface area contributed by atoms with Crippen LogP contribution in [-0.4, -0.2) is 53.2 Å². The molecule has 2 rings (SSSR count). The molecule has 1 aliphatic heterocycles. The Hall–Kier alpha value is -2.58. The van der Waals surface area contributed by atoms with Crippen molar-refractivity contribution in [1.82, 2.24) is 9.80 Å². The molecule has 0 bridgehead atoms. The molecule has 1 heterocycles. The van der Waals surface area contributed by atoms with Gasteiger partial charge in [0.1, 0.15) is 12.4 Å². The van der Waals surface area contributed by atoms with Crippen molar-refractivity contribution in [1.29, 1.82) is 0 Å². The van der Waals surface area contributed by atoms with Gasteiger partial charge in [-0.15, -0.1) is 0 Å². The number of carbonyl (C=O) groups excluding carboxylic acids is 2. The summed E-state index contributed by atoms with van der Waals surface area (Å²) in [5.74, 6) is -3.79. The number of rotatable bonds is 2. The second-order valence-corrected chi connectivity index (χ2v) is 4.59. The molecule has 1 aromatic carbocycles. The lowest BCUT2D eigenvalue weighted by atomic mass is 10.1. The fourth-order valence-corrected chi connectivity index (χ4v) is 1.97. The molecule has 0 N–H and O–H groups in total. The largest absolute Gasteiger partial charge is 0.342 e. The van der Waals surface area contributed by atoms with E-state index in [1.165, 1.54) is 4.90 Å². The van der Waals surface area contributed by atoms with E-state index in [4.69, 9.17) is 0 Å². The highest BCUT2D eigenvalue weighted by atomic mass is 19.1. The van der Waals surface area contributed by atoms with E-state index in [-0.39, 0.29) is 25.5 Å². The quantitative estimate of drug-likeness (QED) is 0.597. The monoisotopic (exact) mass is 299 g/mol. The Morgan fingerprint density at radius 2 is 2.00 bits per heavy atom. The zero-order chi connectivity index (χ0) is 15.7. The summed E-state index contributed by atoms with van der Waals surface area (Å²) in [4.78, 5) is 35.6. The van der Waals surface area contributed by atoms with Crippen LogP contribution in [0.25, 0.3) is 0 Å². The van der Waals surface area contributed by atoms with Crippen LogP contribution in [0.3, 0.4) is 0 Å². The third-order valence-corrected chi connectivity index (χ3v) is 3.19. The molecule has 0 unspecified atom stereocenters. The lowest BCUT2D eigenvalue weighted by molar-refractivity contribution is -0.387. The highest BCUT2D eigenvalue weighted by Crippen LogP contribution is 2.24. The first kappa shape index (κ1) is 14.8. The van der Waals surface area contributed by atoms with Crippen LogP contribution in [0.5, 0.6) is 0 Å². The Morgan fingerprint density at radius 1 is 1.33 bits per heavy atom. The van der Waals surface area contributed by atoms with E-state index in [9.17, 15) is 28.5 Å². The molecule has 1 fully saturated rings. The van der Waals surface area contributed by atoms with Gasteiger partial charge in [-0.3, -0.25) is 19.7 Å². The molecule has 1 aliphatic rings. The summed E-state index contributed by atoms with van der Waals surface area (Å²) < 4.78 is 27.2. The maximum Gasteiger partial charge on any atom is 0.308 e. The number of benzene rings is 1. The first-order valence-electron chi connectivity index (χ1n) is 5.98. The first-order chi connectivity index (χ1) is 9.81. The van der Waals surface area contributed by atoms with E-state index < -0.39 is 33.7 Å². The Balaban J connectivity index is 2.36. The summed E-state index contributed by atoms with van der Waals surface area (Å²) in [6.45, 7) is 0.119. The normalized spacial score (nSPS) is 15.3. The molecule has 1 saturated heterocycles. The summed E-state index contributed by atoms with van der Waals surface area (Å²) in [5.41, 5.74) is -1.86. The van der Waals surface area contributed by atoms with Crippen LogP contribution >= 0.6 is 0 Å². The predicted molar refractivity (Wildman–Crippen MR) is 66.6 cm³/mol. The summed E-state index contributed by atoms with van der Waals surface area (Å²) in [5, 5.41) is 10.6. The molecule has 2 amide bonds. The Labute approximate surface area is 117 Å². The van der Waals surface area contributed by atoms with Gasteiger partial charge in [-0.2, -0.15) is 4.39 Å². The van der Waals surface area contributed by atoms with Gasteiger partial charge in [0.15, 0.2) is 0 Å². The maximum atomic E-state index is 13.9. The third-order valence-electron chi connectivity index (χ3n) is 3.19. The topological polar surface area (TPSA) is 83.8 Å². The van der Waals surface area contributed by atoms with Crippen molar-refractivity contribution in [3.05, 3.63) is 39.4 Å². The lowest BCUT2D eigenvalue weighted by Gasteiger charge is -2.32. The standard InChI is InChI=1S/C12H11F2N3O4/c1-15-2-3-16(6-10(15)18)12(19)8-4-7(13)5-9(11(8)14)17(20)21/h4-5H,2-3,6H2,1H3. The van der Waals surface area contributed by atoms with Crippen molar-refractivity contribution < 1.29 is 23.3 Å². The Morgan fingerprint density at radius 3 is 2.57 bits per heavy atom. The number of nitrogens with zero attached hydrogens (tertiary/aromatic N) is 3. The fraction of sp³-hybridized carbons (Fsp3) is 0.333. The van der Waals surface area contributed by atoms with Crippen LogP contribution < -0.4 is 0 Å². The second kappa shape index (κ2) is 5.43. The zero-order valence-electron chi connectivity index (χ0n) is 11.0. The average molecular weight is 299 g/mol. The number of halogens is 2. The van der Waals surface area contributed by atoms with Crippen molar-refractivity contribution in [3.8, 4) is 0 Å². The molecule has 1 aromatic rings. The average Bonchev–Trinajstić information content (AvgIpc) is 2.43. The summed E-state index contributed by atoms with van der Waals surface area (Å²) in [6.07, 6.45) is 0. The van der Waals surface area contributed by atoms with Crippen LogP contribution in [0.15, 0.2) is 12.1 Å². The van der Waals surface area contributed by atoms with E-state index in [0.29, 0.717) is 12.1 Å². The molecule has 0 aliphatic carbocycles. The minimum atomic E-state index is -1.40. The summed E-state index contributed by atoms with van der Waals surface area (Å²) in [6, 6.07) is 0.995. The molecular weight excluding hydrogens is 288 g/mol.